The summed E-state index contributed by atoms with van der Waals surface area (Å²) in [6.45, 7) is 6.48. The third-order valence-electron chi connectivity index (χ3n) is 3.18. The molecule has 84 valence electrons. The van der Waals surface area contributed by atoms with Crippen molar-refractivity contribution in [1.82, 2.24) is 5.32 Å². The highest BCUT2D eigenvalue weighted by Gasteiger charge is 2.19. The van der Waals surface area contributed by atoms with Crippen molar-refractivity contribution >= 4 is 0 Å². The predicted octanol–water partition coefficient (Wildman–Crippen LogP) is 2.44. The van der Waals surface area contributed by atoms with Crippen LogP contribution in [0.1, 0.15) is 39.5 Å². The fraction of sp³-hybridized carbons (Fsp3) is 1.00. The van der Waals surface area contributed by atoms with Gasteiger partial charge in [0.2, 0.25) is 0 Å². The molecule has 1 aliphatic rings. The van der Waals surface area contributed by atoms with Crippen LogP contribution in [0.3, 0.4) is 0 Å². The van der Waals surface area contributed by atoms with Gasteiger partial charge in [-0.2, -0.15) is 0 Å². The summed E-state index contributed by atoms with van der Waals surface area (Å²) in [5, 5.41) is 3.59. The van der Waals surface area contributed by atoms with Crippen molar-refractivity contribution in [2.75, 3.05) is 20.3 Å². The molecule has 2 unspecified atom stereocenters. The van der Waals surface area contributed by atoms with Gasteiger partial charge in [0, 0.05) is 26.3 Å². The summed E-state index contributed by atoms with van der Waals surface area (Å²) in [7, 11) is 1.77. The Bertz CT molecular complexity index is 145. The quantitative estimate of drug-likeness (QED) is 0.680. The van der Waals surface area contributed by atoms with E-state index in [0.717, 1.165) is 19.1 Å². The number of hydrogen-bond donors (Lipinski definition) is 1. The lowest BCUT2D eigenvalue weighted by atomic mass is 9.81. The smallest absolute Gasteiger partial charge is 0.0499 e. The van der Waals surface area contributed by atoms with E-state index in [1.165, 1.54) is 25.7 Å². The Hall–Kier alpha value is -0.0800. The standard InChI is InChI=1S/C12H25NO/c1-10(9-14-3)8-13-11(2)7-12-5-4-6-12/h10-13H,4-9H2,1-3H3. The summed E-state index contributed by atoms with van der Waals surface area (Å²) in [6.07, 6.45) is 5.73. The van der Waals surface area contributed by atoms with Crippen LogP contribution in [0.4, 0.5) is 0 Å². The summed E-state index contributed by atoms with van der Waals surface area (Å²) in [4.78, 5) is 0. The first-order chi connectivity index (χ1) is 6.72. The highest BCUT2D eigenvalue weighted by Crippen LogP contribution is 2.30. The summed E-state index contributed by atoms with van der Waals surface area (Å²) < 4.78 is 5.11. The Kier molecular flexibility index (Phi) is 5.49. The van der Waals surface area contributed by atoms with Gasteiger partial charge in [-0.1, -0.05) is 26.2 Å². The number of methoxy groups -OCH3 is 1. The van der Waals surface area contributed by atoms with Gasteiger partial charge in [-0.15, -0.1) is 0 Å². The molecule has 2 nitrogen and oxygen atoms in total. The van der Waals surface area contributed by atoms with Crippen LogP contribution in [0, 0.1) is 11.8 Å². The minimum atomic E-state index is 0.629. The topological polar surface area (TPSA) is 21.3 Å². The zero-order valence-electron chi connectivity index (χ0n) is 9.88. The van der Waals surface area contributed by atoms with Gasteiger partial charge in [0.15, 0.2) is 0 Å². The lowest BCUT2D eigenvalue weighted by molar-refractivity contribution is 0.155. The van der Waals surface area contributed by atoms with Crippen molar-refractivity contribution < 1.29 is 4.74 Å². The number of hydrogen-bond acceptors (Lipinski definition) is 2. The van der Waals surface area contributed by atoms with Crippen molar-refractivity contribution in [1.29, 1.82) is 0 Å². The SMILES string of the molecule is COCC(C)CNC(C)CC1CCC1. The molecular formula is C12H25NO. The number of ether oxygens (including phenoxy) is 1. The summed E-state index contributed by atoms with van der Waals surface area (Å²) in [5.41, 5.74) is 0. The molecule has 1 saturated carbocycles. The molecule has 0 radical (unpaired) electrons. The number of nitrogens with one attached hydrogen (secondary N) is 1. The van der Waals surface area contributed by atoms with E-state index in [2.05, 4.69) is 19.2 Å². The molecule has 1 N–H and O–H groups in total. The monoisotopic (exact) mass is 199 g/mol. The van der Waals surface area contributed by atoms with Crippen molar-refractivity contribution in [2.24, 2.45) is 11.8 Å². The normalized spacial score (nSPS) is 21.6. The van der Waals surface area contributed by atoms with Crippen LogP contribution in [0.25, 0.3) is 0 Å². The molecule has 0 aromatic heterocycles. The molecule has 0 aromatic rings. The maximum atomic E-state index is 5.11. The first-order valence-corrected chi connectivity index (χ1v) is 5.94. The molecule has 1 rings (SSSR count). The molecule has 2 heteroatoms. The second-order valence-electron chi connectivity index (χ2n) is 4.90. The molecule has 0 amide bonds. The molecule has 2 atom stereocenters. The van der Waals surface area contributed by atoms with Crippen molar-refractivity contribution in [3.05, 3.63) is 0 Å². The molecule has 0 heterocycles. The van der Waals surface area contributed by atoms with Crippen LogP contribution in [0.2, 0.25) is 0 Å². The van der Waals surface area contributed by atoms with Crippen LogP contribution >= 0.6 is 0 Å². The lowest BCUT2D eigenvalue weighted by Gasteiger charge is -2.29. The average Bonchev–Trinajstić information content (AvgIpc) is 2.09. The zero-order chi connectivity index (χ0) is 10.4. The molecule has 14 heavy (non-hydrogen) atoms. The lowest BCUT2D eigenvalue weighted by Crippen LogP contribution is -2.34. The highest BCUT2D eigenvalue weighted by molar-refractivity contribution is 4.75. The van der Waals surface area contributed by atoms with E-state index in [9.17, 15) is 0 Å². The highest BCUT2D eigenvalue weighted by atomic mass is 16.5. The molecule has 0 aromatic carbocycles. The maximum absolute atomic E-state index is 5.11. The largest absolute Gasteiger partial charge is 0.384 e. The molecule has 0 spiro atoms. The first-order valence-electron chi connectivity index (χ1n) is 5.94. The zero-order valence-corrected chi connectivity index (χ0v) is 9.88. The van der Waals surface area contributed by atoms with Gasteiger partial charge in [0.05, 0.1) is 0 Å². The van der Waals surface area contributed by atoms with Crippen LogP contribution < -0.4 is 5.32 Å². The van der Waals surface area contributed by atoms with Gasteiger partial charge in [-0.3, -0.25) is 0 Å². The Morgan fingerprint density at radius 2 is 2.07 bits per heavy atom. The van der Waals surface area contributed by atoms with Crippen LogP contribution in [-0.2, 0) is 4.74 Å². The first kappa shape index (κ1) is 12.0. The van der Waals surface area contributed by atoms with E-state index >= 15 is 0 Å². The maximum Gasteiger partial charge on any atom is 0.0499 e. The summed E-state index contributed by atoms with van der Waals surface area (Å²) >= 11 is 0. The summed E-state index contributed by atoms with van der Waals surface area (Å²) in [5.74, 6) is 1.64. The second kappa shape index (κ2) is 6.41. The third-order valence-corrected chi connectivity index (χ3v) is 3.18. The molecule has 1 fully saturated rings. The minimum absolute atomic E-state index is 0.629. The van der Waals surface area contributed by atoms with Crippen LogP contribution in [-0.4, -0.2) is 26.3 Å². The van der Waals surface area contributed by atoms with Gasteiger partial charge in [-0.25, -0.2) is 0 Å². The summed E-state index contributed by atoms with van der Waals surface area (Å²) in [6, 6.07) is 0.680. The minimum Gasteiger partial charge on any atom is -0.384 e. The van der Waals surface area contributed by atoms with E-state index in [0.29, 0.717) is 12.0 Å². The Balaban J connectivity index is 1.98. The van der Waals surface area contributed by atoms with E-state index in [-0.39, 0.29) is 0 Å². The van der Waals surface area contributed by atoms with Gasteiger partial charge < -0.3 is 10.1 Å². The van der Waals surface area contributed by atoms with E-state index in [1.807, 2.05) is 0 Å². The molecular weight excluding hydrogens is 174 g/mol. The van der Waals surface area contributed by atoms with Crippen molar-refractivity contribution in [3.63, 3.8) is 0 Å². The third kappa shape index (κ3) is 4.43. The van der Waals surface area contributed by atoms with Crippen molar-refractivity contribution in [2.45, 2.75) is 45.6 Å². The second-order valence-corrected chi connectivity index (χ2v) is 4.90. The fourth-order valence-electron chi connectivity index (χ4n) is 2.06. The molecule has 0 bridgehead atoms. The average molecular weight is 199 g/mol. The molecule has 0 saturated heterocycles. The van der Waals surface area contributed by atoms with Crippen molar-refractivity contribution in [3.8, 4) is 0 Å². The van der Waals surface area contributed by atoms with Gasteiger partial charge in [0.1, 0.15) is 0 Å². The Morgan fingerprint density at radius 3 is 2.57 bits per heavy atom. The van der Waals surface area contributed by atoms with Gasteiger partial charge in [0.25, 0.3) is 0 Å². The van der Waals surface area contributed by atoms with Crippen LogP contribution in [0.5, 0.6) is 0 Å². The molecule has 0 aliphatic heterocycles. The predicted molar refractivity (Wildman–Crippen MR) is 60.5 cm³/mol. The molecule has 1 aliphatic carbocycles. The van der Waals surface area contributed by atoms with Crippen LogP contribution in [0.15, 0.2) is 0 Å². The van der Waals surface area contributed by atoms with Gasteiger partial charge >= 0.3 is 0 Å². The fourth-order valence-corrected chi connectivity index (χ4v) is 2.06. The van der Waals surface area contributed by atoms with E-state index in [4.69, 9.17) is 4.74 Å². The van der Waals surface area contributed by atoms with E-state index in [1.54, 1.807) is 7.11 Å². The number of rotatable bonds is 7. The Labute approximate surface area is 88.4 Å². The van der Waals surface area contributed by atoms with Gasteiger partial charge in [-0.05, 0) is 25.2 Å². The van der Waals surface area contributed by atoms with E-state index < -0.39 is 0 Å². The Morgan fingerprint density at radius 1 is 1.36 bits per heavy atom.